The number of anilines is 2. The number of nitrogen functional groups attached to an aromatic ring is 1. The topological polar surface area (TPSA) is 80.2 Å². The third-order valence-electron chi connectivity index (χ3n) is 5.65. The van der Waals surface area contributed by atoms with Crippen LogP contribution in [0, 0.1) is 5.92 Å². The highest BCUT2D eigenvalue weighted by Crippen LogP contribution is 2.38. The van der Waals surface area contributed by atoms with Gasteiger partial charge in [0.05, 0.1) is 0 Å². The first-order chi connectivity index (χ1) is 11.2. The van der Waals surface area contributed by atoms with Gasteiger partial charge < -0.3 is 20.4 Å². The van der Waals surface area contributed by atoms with Crippen LogP contribution in [-0.4, -0.2) is 35.1 Å². The molecule has 0 aromatic carbocycles. The zero-order valence-corrected chi connectivity index (χ0v) is 13.5. The molecule has 2 aromatic heterocycles. The van der Waals surface area contributed by atoms with Crippen LogP contribution in [0.15, 0.2) is 4.42 Å². The minimum absolute atomic E-state index is 0.361. The largest absolute Gasteiger partial charge is 0.455 e. The van der Waals surface area contributed by atoms with E-state index in [0.717, 1.165) is 48.6 Å². The Bertz CT molecular complexity index is 758. The molecule has 23 heavy (non-hydrogen) atoms. The summed E-state index contributed by atoms with van der Waals surface area (Å²) in [4.78, 5) is 11.4. The van der Waals surface area contributed by atoms with Gasteiger partial charge in [0.25, 0.3) is 0 Å². The molecule has 0 spiro atoms. The Labute approximate surface area is 135 Å². The molecule has 2 bridgehead atoms. The summed E-state index contributed by atoms with van der Waals surface area (Å²) in [6.45, 7) is 4.24. The molecule has 6 heteroatoms. The molecule has 3 aliphatic rings. The van der Waals surface area contributed by atoms with Crippen molar-refractivity contribution in [2.24, 2.45) is 5.92 Å². The molecule has 0 amide bonds. The molecule has 4 heterocycles. The maximum atomic E-state index is 6.23. The fourth-order valence-corrected chi connectivity index (χ4v) is 4.50. The van der Waals surface area contributed by atoms with E-state index in [1.54, 1.807) is 0 Å². The fourth-order valence-electron chi connectivity index (χ4n) is 4.50. The van der Waals surface area contributed by atoms with Gasteiger partial charge in [-0.3, -0.25) is 0 Å². The predicted octanol–water partition coefficient (Wildman–Crippen LogP) is 1.87. The van der Waals surface area contributed by atoms with Crippen molar-refractivity contribution in [2.45, 2.75) is 51.1 Å². The number of nitrogens with two attached hydrogens (primary N) is 1. The summed E-state index contributed by atoms with van der Waals surface area (Å²) in [7, 11) is 0. The minimum Gasteiger partial charge on any atom is -0.455 e. The third kappa shape index (κ3) is 2.11. The maximum Gasteiger partial charge on any atom is 0.222 e. The quantitative estimate of drug-likeness (QED) is 0.836. The Morgan fingerprint density at radius 2 is 1.96 bits per heavy atom. The van der Waals surface area contributed by atoms with Crippen molar-refractivity contribution >= 4 is 22.9 Å². The van der Waals surface area contributed by atoms with Gasteiger partial charge in [-0.1, -0.05) is 6.92 Å². The molecular weight excluding hydrogens is 290 g/mol. The lowest BCUT2D eigenvalue weighted by atomic mass is 9.89. The number of furan rings is 1. The molecule has 3 N–H and O–H groups in total. The van der Waals surface area contributed by atoms with Crippen LogP contribution >= 0.6 is 0 Å². The van der Waals surface area contributed by atoms with Gasteiger partial charge in [-0.25, -0.2) is 4.98 Å². The van der Waals surface area contributed by atoms with Crippen LogP contribution < -0.4 is 16.0 Å². The Balaban J connectivity index is 1.64. The molecule has 122 valence electrons. The molecule has 5 rings (SSSR count). The smallest absolute Gasteiger partial charge is 0.222 e. The second kappa shape index (κ2) is 4.84. The van der Waals surface area contributed by atoms with Gasteiger partial charge in [-0.15, -0.1) is 0 Å². The highest BCUT2D eigenvalue weighted by atomic mass is 16.3. The first kappa shape index (κ1) is 13.6. The van der Waals surface area contributed by atoms with Crippen LogP contribution in [0.4, 0.5) is 11.8 Å². The Hall–Kier alpha value is -1.82. The monoisotopic (exact) mass is 313 g/mol. The lowest BCUT2D eigenvalue weighted by Gasteiger charge is -2.33. The average Bonchev–Trinajstić information content (AvgIpc) is 3.06. The number of aryl methyl sites for hydroxylation is 1. The maximum absolute atomic E-state index is 6.23. The molecule has 6 nitrogen and oxygen atoms in total. The molecule has 2 aromatic rings. The van der Waals surface area contributed by atoms with Gasteiger partial charge >= 0.3 is 0 Å². The van der Waals surface area contributed by atoms with Gasteiger partial charge in [0.1, 0.15) is 11.3 Å². The molecule has 0 saturated carbocycles. The molecule has 3 atom stereocenters. The highest BCUT2D eigenvalue weighted by molar-refractivity contribution is 5.89. The number of piperazine rings is 1. The fraction of sp³-hybridized carbons (Fsp3) is 0.647. The van der Waals surface area contributed by atoms with E-state index >= 15 is 0 Å². The summed E-state index contributed by atoms with van der Waals surface area (Å²) < 4.78 is 6.23. The molecular formula is C17H23N5O. The van der Waals surface area contributed by atoms with Crippen molar-refractivity contribution in [3.05, 3.63) is 11.3 Å². The summed E-state index contributed by atoms with van der Waals surface area (Å²) in [6, 6.07) is 1.12. The van der Waals surface area contributed by atoms with Gasteiger partial charge in [0.2, 0.25) is 5.95 Å². The Morgan fingerprint density at radius 3 is 2.74 bits per heavy atom. The number of hydrogen-bond donors (Lipinski definition) is 2. The van der Waals surface area contributed by atoms with Gasteiger partial charge in [0.15, 0.2) is 11.4 Å². The van der Waals surface area contributed by atoms with Crippen molar-refractivity contribution in [1.29, 1.82) is 0 Å². The number of nitrogens with one attached hydrogen (secondary N) is 1. The lowest BCUT2D eigenvalue weighted by Crippen LogP contribution is -2.51. The summed E-state index contributed by atoms with van der Waals surface area (Å²) in [5.74, 6) is 3.03. The number of aromatic nitrogens is 2. The zero-order valence-electron chi connectivity index (χ0n) is 13.5. The minimum atomic E-state index is 0.361. The van der Waals surface area contributed by atoms with Crippen molar-refractivity contribution in [2.75, 3.05) is 23.7 Å². The molecule has 2 aliphatic heterocycles. The van der Waals surface area contributed by atoms with E-state index in [1.165, 1.54) is 24.8 Å². The molecule has 0 radical (unpaired) electrons. The van der Waals surface area contributed by atoms with Gasteiger partial charge in [0, 0.05) is 37.2 Å². The van der Waals surface area contributed by atoms with E-state index in [1.807, 2.05) is 0 Å². The van der Waals surface area contributed by atoms with E-state index in [9.17, 15) is 0 Å². The van der Waals surface area contributed by atoms with Crippen LogP contribution in [0.25, 0.3) is 11.1 Å². The third-order valence-corrected chi connectivity index (χ3v) is 5.65. The number of hydrogen-bond acceptors (Lipinski definition) is 6. The standard InChI is InChI=1S/C17H23N5O/c1-9-2-5-13-12(6-9)14-15(23-13)16(21-17(18)20-14)22-7-10-3-4-11(8-22)19-10/h9-11,19H,2-8H2,1H3,(H2,18,20,21). The summed E-state index contributed by atoms with van der Waals surface area (Å²) in [5.41, 5.74) is 9.08. The summed E-state index contributed by atoms with van der Waals surface area (Å²) in [6.07, 6.45) is 5.71. The van der Waals surface area contributed by atoms with Gasteiger partial charge in [-0.2, -0.15) is 4.98 Å². The van der Waals surface area contributed by atoms with Crippen molar-refractivity contribution in [3.8, 4) is 0 Å². The van der Waals surface area contributed by atoms with Crippen LogP contribution in [-0.2, 0) is 12.8 Å². The lowest BCUT2D eigenvalue weighted by molar-refractivity contribution is 0.435. The molecule has 1 aliphatic carbocycles. The molecule has 2 saturated heterocycles. The normalized spacial score (nSPS) is 30.0. The second-order valence-electron chi connectivity index (χ2n) is 7.48. The number of fused-ring (bicyclic) bond motifs is 5. The SMILES string of the molecule is CC1CCc2oc3c(N4CC5CCC(C4)N5)nc(N)nc3c2C1. The second-order valence-corrected chi connectivity index (χ2v) is 7.48. The molecule has 3 unspecified atom stereocenters. The summed E-state index contributed by atoms with van der Waals surface area (Å²) >= 11 is 0. The van der Waals surface area contributed by atoms with Crippen molar-refractivity contribution in [3.63, 3.8) is 0 Å². The summed E-state index contributed by atoms with van der Waals surface area (Å²) in [5, 5.41) is 3.66. The van der Waals surface area contributed by atoms with E-state index in [4.69, 9.17) is 10.2 Å². The van der Waals surface area contributed by atoms with E-state index < -0.39 is 0 Å². The van der Waals surface area contributed by atoms with Crippen LogP contribution in [0.5, 0.6) is 0 Å². The Morgan fingerprint density at radius 1 is 1.17 bits per heavy atom. The number of rotatable bonds is 1. The van der Waals surface area contributed by atoms with E-state index in [0.29, 0.717) is 23.9 Å². The first-order valence-electron chi connectivity index (χ1n) is 8.76. The van der Waals surface area contributed by atoms with Crippen LogP contribution in [0.3, 0.4) is 0 Å². The first-order valence-corrected chi connectivity index (χ1v) is 8.76. The van der Waals surface area contributed by atoms with Crippen LogP contribution in [0.2, 0.25) is 0 Å². The van der Waals surface area contributed by atoms with E-state index in [-0.39, 0.29) is 0 Å². The average molecular weight is 313 g/mol. The zero-order chi connectivity index (χ0) is 15.6. The highest BCUT2D eigenvalue weighted by Gasteiger charge is 2.35. The van der Waals surface area contributed by atoms with Crippen molar-refractivity contribution < 1.29 is 4.42 Å². The van der Waals surface area contributed by atoms with Crippen LogP contribution in [0.1, 0.15) is 37.5 Å². The predicted molar refractivity (Wildman–Crippen MR) is 89.6 cm³/mol. The molecule has 2 fully saturated rings. The number of nitrogens with zero attached hydrogens (tertiary/aromatic N) is 3. The Kier molecular flexibility index (Phi) is 2.86. The van der Waals surface area contributed by atoms with E-state index in [2.05, 4.69) is 27.1 Å². The van der Waals surface area contributed by atoms with Gasteiger partial charge in [-0.05, 0) is 31.6 Å². The van der Waals surface area contributed by atoms with Crippen molar-refractivity contribution in [1.82, 2.24) is 15.3 Å².